The molecule has 1 heterocycles. The highest BCUT2D eigenvalue weighted by atomic mass is 16.5. The van der Waals surface area contributed by atoms with E-state index >= 15 is 0 Å². The topological polar surface area (TPSA) is 26.0 Å². The Bertz CT molecular complexity index is 269. The van der Waals surface area contributed by atoms with Gasteiger partial charge in [-0.05, 0) is 5.92 Å². The van der Waals surface area contributed by atoms with Crippen LogP contribution in [0.1, 0.15) is 83.8 Å². The van der Waals surface area contributed by atoms with E-state index in [1.165, 1.54) is 64.2 Å². The van der Waals surface area contributed by atoms with Crippen molar-refractivity contribution < 1.29 is 4.52 Å². The van der Waals surface area contributed by atoms with E-state index in [4.69, 9.17) is 4.52 Å². The second kappa shape index (κ2) is 11.1. The van der Waals surface area contributed by atoms with Crippen molar-refractivity contribution in [1.29, 1.82) is 0 Å². The van der Waals surface area contributed by atoms with Crippen molar-refractivity contribution in [2.24, 2.45) is 5.92 Å². The van der Waals surface area contributed by atoms with Crippen molar-refractivity contribution in [3.8, 4) is 0 Å². The molecule has 0 amide bonds. The molecule has 0 saturated heterocycles. The minimum atomic E-state index is 0.793. The summed E-state index contributed by atoms with van der Waals surface area (Å²) in [7, 11) is 0. The van der Waals surface area contributed by atoms with E-state index in [2.05, 4.69) is 19.0 Å². The van der Waals surface area contributed by atoms with Crippen molar-refractivity contribution in [1.82, 2.24) is 5.16 Å². The summed E-state index contributed by atoms with van der Waals surface area (Å²) in [4.78, 5) is 0. The minimum Gasteiger partial charge on any atom is -0.361 e. The van der Waals surface area contributed by atoms with Crippen LogP contribution in [0.5, 0.6) is 0 Å². The fourth-order valence-corrected chi connectivity index (χ4v) is 2.70. The van der Waals surface area contributed by atoms with Crippen LogP contribution in [-0.2, 0) is 6.42 Å². The Hall–Kier alpha value is -0.790. The molecule has 0 saturated carbocycles. The summed E-state index contributed by atoms with van der Waals surface area (Å²) in [6.07, 6.45) is 16.5. The lowest BCUT2D eigenvalue weighted by molar-refractivity contribution is 0.332. The standard InChI is InChI=1S/C17H31NO/c1-3-5-7-9-11-16(12-10-8-6-4-2)15-17-13-14-18-19-17/h13-14,16H,3-12,15H2,1-2H3. The van der Waals surface area contributed by atoms with E-state index in [1.54, 1.807) is 6.20 Å². The summed E-state index contributed by atoms with van der Waals surface area (Å²) in [5.74, 6) is 1.86. The molecule has 0 bridgehead atoms. The molecule has 19 heavy (non-hydrogen) atoms. The highest BCUT2D eigenvalue weighted by Gasteiger charge is 2.11. The molecule has 0 unspecified atom stereocenters. The van der Waals surface area contributed by atoms with E-state index in [0.717, 1.165) is 18.1 Å². The molecular weight excluding hydrogens is 234 g/mol. The molecule has 1 aromatic heterocycles. The van der Waals surface area contributed by atoms with Gasteiger partial charge in [0.1, 0.15) is 5.76 Å². The lowest BCUT2D eigenvalue weighted by atomic mass is 9.91. The fraction of sp³-hybridized carbons (Fsp3) is 0.824. The Morgan fingerprint density at radius 3 is 2.05 bits per heavy atom. The normalized spacial score (nSPS) is 11.3. The van der Waals surface area contributed by atoms with Crippen LogP contribution >= 0.6 is 0 Å². The van der Waals surface area contributed by atoms with Gasteiger partial charge in [0, 0.05) is 12.5 Å². The first-order chi connectivity index (χ1) is 9.36. The number of rotatable bonds is 12. The van der Waals surface area contributed by atoms with Crippen LogP contribution in [0.4, 0.5) is 0 Å². The van der Waals surface area contributed by atoms with Crippen LogP contribution < -0.4 is 0 Å². The average Bonchev–Trinajstić information content (AvgIpc) is 2.92. The molecule has 2 heteroatoms. The van der Waals surface area contributed by atoms with Crippen LogP contribution in [0.3, 0.4) is 0 Å². The molecule has 0 fully saturated rings. The van der Waals surface area contributed by atoms with Crippen molar-refractivity contribution in [3.05, 3.63) is 18.0 Å². The first kappa shape index (κ1) is 16.3. The summed E-state index contributed by atoms with van der Waals surface area (Å²) in [5, 5.41) is 3.82. The fourth-order valence-electron chi connectivity index (χ4n) is 2.70. The Morgan fingerprint density at radius 2 is 1.58 bits per heavy atom. The van der Waals surface area contributed by atoms with E-state index in [9.17, 15) is 0 Å². The van der Waals surface area contributed by atoms with Gasteiger partial charge in [0.25, 0.3) is 0 Å². The van der Waals surface area contributed by atoms with E-state index in [1.807, 2.05) is 6.07 Å². The largest absolute Gasteiger partial charge is 0.361 e. The number of nitrogens with zero attached hydrogens (tertiary/aromatic N) is 1. The average molecular weight is 265 g/mol. The Balaban J connectivity index is 2.25. The molecule has 0 atom stereocenters. The van der Waals surface area contributed by atoms with Crippen LogP contribution in [0, 0.1) is 5.92 Å². The highest BCUT2D eigenvalue weighted by Crippen LogP contribution is 2.22. The van der Waals surface area contributed by atoms with Gasteiger partial charge in [0.05, 0.1) is 6.20 Å². The maximum absolute atomic E-state index is 5.27. The van der Waals surface area contributed by atoms with Crippen molar-refractivity contribution in [2.45, 2.75) is 84.5 Å². The predicted molar refractivity (Wildman–Crippen MR) is 81.2 cm³/mol. The van der Waals surface area contributed by atoms with Crippen molar-refractivity contribution >= 4 is 0 Å². The van der Waals surface area contributed by atoms with Crippen molar-refractivity contribution in [2.75, 3.05) is 0 Å². The van der Waals surface area contributed by atoms with Gasteiger partial charge in [0.15, 0.2) is 0 Å². The summed E-state index contributed by atoms with van der Waals surface area (Å²) < 4.78 is 5.27. The molecule has 1 rings (SSSR count). The quantitative estimate of drug-likeness (QED) is 0.448. The molecule has 0 aliphatic carbocycles. The van der Waals surface area contributed by atoms with Gasteiger partial charge in [0.2, 0.25) is 0 Å². The molecule has 110 valence electrons. The highest BCUT2D eigenvalue weighted by molar-refractivity contribution is 4.94. The van der Waals surface area contributed by atoms with Gasteiger partial charge >= 0.3 is 0 Å². The third kappa shape index (κ3) is 8.07. The predicted octanol–water partition coefficient (Wildman–Crippen LogP) is 5.77. The number of hydrogen-bond donors (Lipinski definition) is 0. The molecule has 2 nitrogen and oxygen atoms in total. The molecule has 0 radical (unpaired) electrons. The second-order valence-corrected chi connectivity index (χ2v) is 5.75. The number of hydrogen-bond acceptors (Lipinski definition) is 2. The Labute approximate surface area is 119 Å². The zero-order valence-corrected chi connectivity index (χ0v) is 12.9. The van der Waals surface area contributed by atoms with E-state index in [0.29, 0.717) is 0 Å². The molecule has 0 aromatic carbocycles. The third-order valence-corrected chi connectivity index (χ3v) is 3.91. The van der Waals surface area contributed by atoms with Crippen LogP contribution in [-0.4, -0.2) is 5.16 Å². The second-order valence-electron chi connectivity index (χ2n) is 5.75. The van der Waals surface area contributed by atoms with Crippen LogP contribution in [0.15, 0.2) is 16.8 Å². The molecule has 0 aliphatic heterocycles. The lowest BCUT2D eigenvalue weighted by Gasteiger charge is -2.15. The molecule has 0 N–H and O–H groups in total. The molecule has 0 aliphatic rings. The van der Waals surface area contributed by atoms with Gasteiger partial charge in [-0.2, -0.15) is 0 Å². The Morgan fingerprint density at radius 1 is 0.947 bits per heavy atom. The monoisotopic (exact) mass is 265 g/mol. The first-order valence-corrected chi connectivity index (χ1v) is 8.26. The maximum Gasteiger partial charge on any atom is 0.136 e. The van der Waals surface area contributed by atoms with Crippen molar-refractivity contribution in [3.63, 3.8) is 0 Å². The Kier molecular flexibility index (Phi) is 9.48. The number of aromatic nitrogens is 1. The molecule has 1 aromatic rings. The third-order valence-electron chi connectivity index (χ3n) is 3.91. The van der Waals surface area contributed by atoms with Crippen LogP contribution in [0.2, 0.25) is 0 Å². The summed E-state index contributed by atoms with van der Waals surface area (Å²) in [6, 6.07) is 2.02. The maximum atomic E-state index is 5.27. The van der Waals surface area contributed by atoms with Gasteiger partial charge < -0.3 is 4.52 Å². The SMILES string of the molecule is CCCCCCC(CCCCCC)Cc1ccno1. The van der Waals surface area contributed by atoms with E-state index < -0.39 is 0 Å². The minimum absolute atomic E-state index is 0.793. The van der Waals surface area contributed by atoms with Gasteiger partial charge in [-0.3, -0.25) is 0 Å². The zero-order chi connectivity index (χ0) is 13.8. The lowest BCUT2D eigenvalue weighted by Crippen LogP contribution is -2.04. The molecular formula is C17H31NO. The van der Waals surface area contributed by atoms with Gasteiger partial charge in [-0.25, -0.2) is 0 Å². The summed E-state index contributed by atoms with van der Waals surface area (Å²) in [5.41, 5.74) is 0. The zero-order valence-electron chi connectivity index (χ0n) is 12.9. The number of unbranched alkanes of at least 4 members (excludes halogenated alkanes) is 6. The summed E-state index contributed by atoms with van der Waals surface area (Å²) in [6.45, 7) is 4.55. The van der Waals surface area contributed by atoms with E-state index in [-0.39, 0.29) is 0 Å². The van der Waals surface area contributed by atoms with Gasteiger partial charge in [-0.1, -0.05) is 83.2 Å². The van der Waals surface area contributed by atoms with Crippen LogP contribution in [0.25, 0.3) is 0 Å². The summed E-state index contributed by atoms with van der Waals surface area (Å²) >= 11 is 0. The smallest absolute Gasteiger partial charge is 0.136 e. The van der Waals surface area contributed by atoms with Gasteiger partial charge in [-0.15, -0.1) is 0 Å². The molecule has 0 spiro atoms. The first-order valence-electron chi connectivity index (χ1n) is 8.26.